The molecular formula is C16H19NO3. The molecule has 20 heavy (non-hydrogen) atoms. The van der Waals surface area contributed by atoms with E-state index in [1.807, 2.05) is 30.3 Å². The highest BCUT2D eigenvalue weighted by atomic mass is 16.5. The molecule has 2 rings (SSSR count). The first kappa shape index (κ1) is 14.4. The molecule has 0 fully saturated rings. The van der Waals surface area contributed by atoms with Crippen LogP contribution in [0.3, 0.4) is 0 Å². The van der Waals surface area contributed by atoms with Crippen LogP contribution in [0.25, 0.3) is 0 Å². The molecule has 0 aliphatic carbocycles. The maximum atomic E-state index is 10.5. The second-order valence-corrected chi connectivity index (χ2v) is 4.46. The number of methoxy groups -OCH3 is 2. The summed E-state index contributed by atoms with van der Waals surface area (Å²) in [6.45, 7) is 0. The van der Waals surface area contributed by atoms with Crippen LogP contribution in [0.5, 0.6) is 11.5 Å². The van der Waals surface area contributed by atoms with E-state index in [2.05, 4.69) is 0 Å². The normalized spacial score (nSPS) is 13.6. The second kappa shape index (κ2) is 6.41. The first-order valence-corrected chi connectivity index (χ1v) is 6.38. The SMILES string of the molecule is COc1cccc(C(O)C(N)c2ccccc2)c1OC. The van der Waals surface area contributed by atoms with E-state index in [1.165, 1.54) is 0 Å². The Balaban J connectivity index is 2.36. The minimum atomic E-state index is -0.873. The van der Waals surface area contributed by atoms with Crippen LogP contribution in [-0.4, -0.2) is 19.3 Å². The molecule has 0 aliphatic heterocycles. The summed E-state index contributed by atoms with van der Waals surface area (Å²) >= 11 is 0. The fourth-order valence-corrected chi connectivity index (χ4v) is 2.20. The van der Waals surface area contributed by atoms with Gasteiger partial charge in [0.05, 0.1) is 20.3 Å². The summed E-state index contributed by atoms with van der Waals surface area (Å²) in [4.78, 5) is 0. The third-order valence-corrected chi connectivity index (χ3v) is 3.28. The minimum Gasteiger partial charge on any atom is -0.493 e. The van der Waals surface area contributed by atoms with Gasteiger partial charge < -0.3 is 20.3 Å². The van der Waals surface area contributed by atoms with E-state index in [9.17, 15) is 5.11 Å². The average Bonchev–Trinajstić information content (AvgIpc) is 2.53. The van der Waals surface area contributed by atoms with E-state index in [4.69, 9.17) is 15.2 Å². The fraction of sp³-hybridized carbons (Fsp3) is 0.250. The fourth-order valence-electron chi connectivity index (χ4n) is 2.20. The molecule has 0 aliphatic rings. The zero-order chi connectivity index (χ0) is 14.5. The Labute approximate surface area is 118 Å². The molecule has 3 N–H and O–H groups in total. The molecule has 106 valence electrons. The number of benzene rings is 2. The van der Waals surface area contributed by atoms with Crippen LogP contribution in [0.2, 0.25) is 0 Å². The summed E-state index contributed by atoms with van der Waals surface area (Å²) in [6, 6.07) is 14.3. The lowest BCUT2D eigenvalue weighted by atomic mass is 9.96. The van der Waals surface area contributed by atoms with Gasteiger partial charge in [-0.2, -0.15) is 0 Å². The van der Waals surface area contributed by atoms with E-state index >= 15 is 0 Å². The lowest BCUT2D eigenvalue weighted by Gasteiger charge is -2.22. The van der Waals surface area contributed by atoms with Crippen molar-refractivity contribution in [1.29, 1.82) is 0 Å². The summed E-state index contributed by atoms with van der Waals surface area (Å²) < 4.78 is 10.6. The number of hydrogen-bond acceptors (Lipinski definition) is 4. The molecule has 4 nitrogen and oxygen atoms in total. The summed E-state index contributed by atoms with van der Waals surface area (Å²) in [7, 11) is 3.10. The summed E-state index contributed by atoms with van der Waals surface area (Å²) in [6.07, 6.45) is -0.873. The molecular weight excluding hydrogens is 254 g/mol. The van der Waals surface area contributed by atoms with Gasteiger partial charge in [-0.25, -0.2) is 0 Å². The maximum absolute atomic E-state index is 10.5. The molecule has 2 aromatic rings. The molecule has 2 aromatic carbocycles. The second-order valence-electron chi connectivity index (χ2n) is 4.46. The number of rotatable bonds is 5. The molecule has 0 bridgehead atoms. The van der Waals surface area contributed by atoms with E-state index in [1.54, 1.807) is 32.4 Å². The van der Waals surface area contributed by atoms with Gasteiger partial charge in [0, 0.05) is 5.56 Å². The zero-order valence-corrected chi connectivity index (χ0v) is 11.6. The van der Waals surface area contributed by atoms with Gasteiger partial charge in [0.25, 0.3) is 0 Å². The summed E-state index contributed by atoms with van der Waals surface area (Å²) in [5.74, 6) is 1.08. The lowest BCUT2D eigenvalue weighted by molar-refractivity contribution is 0.142. The smallest absolute Gasteiger partial charge is 0.166 e. The van der Waals surface area contributed by atoms with Crippen molar-refractivity contribution in [1.82, 2.24) is 0 Å². The van der Waals surface area contributed by atoms with E-state index in [0.29, 0.717) is 17.1 Å². The van der Waals surface area contributed by atoms with Crippen molar-refractivity contribution >= 4 is 0 Å². The third-order valence-electron chi connectivity index (χ3n) is 3.28. The predicted molar refractivity (Wildman–Crippen MR) is 77.9 cm³/mol. The summed E-state index contributed by atoms with van der Waals surface area (Å²) in [5.41, 5.74) is 7.62. The summed E-state index contributed by atoms with van der Waals surface area (Å²) in [5, 5.41) is 10.5. The monoisotopic (exact) mass is 273 g/mol. The molecule has 4 heteroatoms. The molecule has 2 unspecified atom stereocenters. The molecule has 0 heterocycles. The van der Waals surface area contributed by atoms with Crippen LogP contribution < -0.4 is 15.2 Å². The van der Waals surface area contributed by atoms with Crippen LogP contribution in [0.4, 0.5) is 0 Å². The molecule has 0 amide bonds. The highest BCUT2D eigenvalue weighted by Crippen LogP contribution is 2.38. The van der Waals surface area contributed by atoms with Crippen molar-refractivity contribution < 1.29 is 14.6 Å². The number of aliphatic hydroxyl groups excluding tert-OH is 1. The molecule has 0 aromatic heterocycles. The maximum Gasteiger partial charge on any atom is 0.166 e. The minimum absolute atomic E-state index is 0.508. The average molecular weight is 273 g/mol. The lowest BCUT2D eigenvalue weighted by Crippen LogP contribution is -2.20. The number of nitrogens with two attached hydrogens (primary N) is 1. The highest BCUT2D eigenvalue weighted by molar-refractivity contribution is 5.48. The van der Waals surface area contributed by atoms with Crippen LogP contribution in [-0.2, 0) is 0 Å². The molecule has 0 radical (unpaired) electrons. The zero-order valence-electron chi connectivity index (χ0n) is 11.6. The Hall–Kier alpha value is -2.04. The van der Waals surface area contributed by atoms with Crippen molar-refractivity contribution in [3.05, 3.63) is 59.7 Å². The van der Waals surface area contributed by atoms with E-state index < -0.39 is 12.1 Å². The van der Waals surface area contributed by atoms with Crippen molar-refractivity contribution in [2.45, 2.75) is 12.1 Å². The standard InChI is InChI=1S/C16H19NO3/c1-19-13-10-6-9-12(16(13)20-2)15(18)14(17)11-7-4-3-5-8-11/h3-10,14-15,18H,17H2,1-2H3. The van der Waals surface area contributed by atoms with Gasteiger partial charge in [0.15, 0.2) is 11.5 Å². The molecule has 0 saturated heterocycles. The Morgan fingerprint density at radius 1 is 0.950 bits per heavy atom. The quantitative estimate of drug-likeness (QED) is 0.878. The van der Waals surface area contributed by atoms with Gasteiger partial charge in [-0.15, -0.1) is 0 Å². The van der Waals surface area contributed by atoms with Crippen LogP contribution in [0, 0.1) is 0 Å². The highest BCUT2D eigenvalue weighted by Gasteiger charge is 2.23. The van der Waals surface area contributed by atoms with Crippen molar-refractivity contribution in [3.63, 3.8) is 0 Å². The first-order chi connectivity index (χ1) is 9.69. The van der Waals surface area contributed by atoms with E-state index in [0.717, 1.165) is 5.56 Å². The number of ether oxygens (including phenoxy) is 2. The van der Waals surface area contributed by atoms with Gasteiger partial charge in [-0.05, 0) is 11.6 Å². The Morgan fingerprint density at radius 3 is 2.25 bits per heavy atom. The van der Waals surface area contributed by atoms with Crippen LogP contribution in [0.1, 0.15) is 23.3 Å². The van der Waals surface area contributed by atoms with Gasteiger partial charge in [-0.1, -0.05) is 42.5 Å². The van der Waals surface area contributed by atoms with Gasteiger partial charge >= 0.3 is 0 Å². The van der Waals surface area contributed by atoms with Crippen molar-refractivity contribution in [2.24, 2.45) is 5.73 Å². The molecule has 0 spiro atoms. The Kier molecular flexibility index (Phi) is 4.61. The Bertz CT molecular complexity index is 557. The van der Waals surface area contributed by atoms with Crippen molar-refractivity contribution in [3.8, 4) is 11.5 Å². The topological polar surface area (TPSA) is 64.7 Å². The van der Waals surface area contributed by atoms with Gasteiger partial charge in [-0.3, -0.25) is 0 Å². The third kappa shape index (κ3) is 2.76. The number of hydrogen-bond donors (Lipinski definition) is 2. The van der Waals surface area contributed by atoms with Crippen LogP contribution >= 0.6 is 0 Å². The number of aliphatic hydroxyl groups is 1. The largest absolute Gasteiger partial charge is 0.493 e. The Morgan fingerprint density at radius 2 is 1.65 bits per heavy atom. The first-order valence-electron chi connectivity index (χ1n) is 6.38. The molecule has 2 atom stereocenters. The number of para-hydroxylation sites is 1. The van der Waals surface area contributed by atoms with Gasteiger partial charge in [0.2, 0.25) is 0 Å². The van der Waals surface area contributed by atoms with Crippen molar-refractivity contribution in [2.75, 3.05) is 14.2 Å². The molecule has 0 saturated carbocycles. The van der Waals surface area contributed by atoms with E-state index in [-0.39, 0.29) is 0 Å². The predicted octanol–water partition coefficient (Wildman–Crippen LogP) is 2.44. The van der Waals surface area contributed by atoms with Gasteiger partial charge in [0.1, 0.15) is 6.10 Å². The van der Waals surface area contributed by atoms with Crippen LogP contribution in [0.15, 0.2) is 48.5 Å².